The number of carbonyl (C=O) groups is 4. The van der Waals surface area contributed by atoms with Crippen molar-refractivity contribution < 1.29 is 24.3 Å². The molecule has 0 radical (unpaired) electrons. The minimum absolute atomic E-state index is 0.158. The van der Waals surface area contributed by atoms with Crippen molar-refractivity contribution in [2.45, 2.75) is 77.3 Å². The van der Waals surface area contributed by atoms with Crippen molar-refractivity contribution in [1.82, 2.24) is 34.6 Å². The second-order valence-corrected chi connectivity index (χ2v) is 17.5. The Bertz CT molecular complexity index is 2620. The second kappa shape index (κ2) is 19.2. The number of likely N-dealkylation sites (tertiary alicyclic amines) is 1. The zero-order valence-electron chi connectivity index (χ0n) is 36.6. The number of fused-ring (bicyclic) bond motifs is 2. The highest BCUT2D eigenvalue weighted by molar-refractivity contribution is 6.05. The van der Waals surface area contributed by atoms with E-state index in [4.69, 9.17) is 10.1 Å². The number of anilines is 1. The summed E-state index contributed by atoms with van der Waals surface area (Å²) in [5.41, 5.74) is 9.34. The Morgan fingerprint density at radius 2 is 1.64 bits per heavy atom. The Morgan fingerprint density at radius 3 is 2.42 bits per heavy atom. The van der Waals surface area contributed by atoms with Crippen LogP contribution in [0.3, 0.4) is 0 Å². The van der Waals surface area contributed by atoms with Gasteiger partial charge in [0.15, 0.2) is 5.65 Å². The number of aryl methyl sites for hydroxylation is 2. The van der Waals surface area contributed by atoms with Crippen LogP contribution in [0, 0.1) is 24.7 Å². The number of amides is 4. The molecular formula is C51H56N8O5. The Kier molecular flexibility index (Phi) is 12.9. The number of nitrogens with one attached hydrogen (secondary N) is 1. The first-order valence-electron chi connectivity index (χ1n) is 22.9. The number of aromatic nitrogens is 3. The van der Waals surface area contributed by atoms with Crippen LogP contribution >= 0.6 is 0 Å². The summed E-state index contributed by atoms with van der Waals surface area (Å²) in [5.74, 6) is 7.22. The van der Waals surface area contributed by atoms with Gasteiger partial charge in [0.1, 0.15) is 11.9 Å². The minimum atomic E-state index is -0.656. The molecule has 9 rings (SSSR count). The van der Waals surface area contributed by atoms with Crippen LogP contribution in [-0.4, -0.2) is 116 Å². The molecule has 1 unspecified atom stereocenters. The molecule has 0 aliphatic carbocycles. The largest absolute Gasteiger partial charge is 0.395 e. The average Bonchev–Trinajstić information content (AvgIpc) is 3.84. The highest BCUT2D eigenvalue weighted by Crippen LogP contribution is 2.34. The number of benzene rings is 3. The molecule has 4 amide bonds. The third-order valence-electron chi connectivity index (χ3n) is 13.3. The van der Waals surface area contributed by atoms with E-state index in [-0.39, 0.29) is 36.7 Å². The highest BCUT2D eigenvalue weighted by Gasteiger charge is 2.39. The molecule has 3 fully saturated rings. The molecule has 2 N–H and O–H groups in total. The number of β-amino-alcohol motifs (C(OH)–C–C–N with tert-alkyl or cyclic N) is 1. The molecule has 13 heteroatoms. The SMILES string of the molecule is Cc1nn2c(N3CCN(CCO)CC3)cc(-c3cccc(CCCCCC(=O)N4CCC(C#Cc5cccc6c5CN(C5CCC(=O)NC5=O)C6=O)CC4)c3)nc2c1-c1ccccc1. The monoisotopic (exact) mass is 860 g/mol. The van der Waals surface area contributed by atoms with Gasteiger partial charge in [-0.05, 0) is 80.3 Å². The van der Waals surface area contributed by atoms with E-state index in [2.05, 4.69) is 88.5 Å². The topological polar surface area (TPSA) is 144 Å². The summed E-state index contributed by atoms with van der Waals surface area (Å²) in [6, 6.07) is 26.1. The molecule has 6 heterocycles. The highest BCUT2D eigenvalue weighted by atomic mass is 16.3. The van der Waals surface area contributed by atoms with Crippen LogP contribution in [0.25, 0.3) is 28.0 Å². The van der Waals surface area contributed by atoms with Crippen molar-refractivity contribution in [3.8, 4) is 34.2 Å². The van der Waals surface area contributed by atoms with E-state index in [9.17, 15) is 24.3 Å². The molecule has 0 spiro atoms. The van der Waals surface area contributed by atoms with Gasteiger partial charge in [-0.2, -0.15) is 9.61 Å². The van der Waals surface area contributed by atoms with Crippen LogP contribution in [-0.2, 0) is 27.3 Å². The molecule has 64 heavy (non-hydrogen) atoms. The number of rotatable bonds is 12. The van der Waals surface area contributed by atoms with Crippen molar-refractivity contribution in [1.29, 1.82) is 0 Å². The van der Waals surface area contributed by atoms with E-state index in [1.165, 1.54) is 5.56 Å². The van der Waals surface area contributed by atoms with Crippen LogP contribution in [0.5, 0.6) is 0 Å². The Morgan fingerprint density at radius 1 is 0.859 bits per heavy atom. The zero-order valence-corrected chi connectivity index (χ0v) is 36.6. The summed E-state index contributed by atoms with van der Waals surface area (Å²) >= 11 is 0. The fourth-order valence-corrected chi connectivity index (χ4v) is 9.75. The number of piperidine rings is 2. The molecule has 330 valence electrons. The summed E-state index contributed by atoms with van der Waals surface area (Å²) in [6.07, 6.45) is 6.43. The van der Waals surface area contributed by atoms with Crippen molar-refractivity contribution in [3.63, 3.8) is 0 Å². The third-order valence-corrected chi connectivity index (χ3v) is 13.3. The Labute approximate surface area is 374 Å². The quantitative estimate of drug-likeness (QED) is 0.0926. The minimum Gasteiger partial charge on any atom is -0.395 e. The number of carbonyl (C=O) groups excluding carboxylic acids is 4. The van der Waals surface area contributed by atoms with Crippen molar-refractivity contribution in [2.75, 3.05) is 57.3 Å². The number of aliphatic hydroxyl groups excluding tert-OH is 1. The summed E-state index contributed by atoms with van der Waals surface area (Å²) in [7, 11) is 0. The molecule has 0 bridgehead atoms. The molecule has 5 aromatic rings. The van der Waals surface area contributed by atoms with Crippen molar-refractivity contribution >= 4 is 35.1 Å². The van der Waals surface area contributed by atoms with Crippen molar-refractivity contribution in [2.24, 2.45) is 5.92 Å². The first-order valence-corrected chi connectivity index (χ1v) is 22.9. The van der Waals surface area contributed by atoms with E-state index in [1.807, 2.05) is 27.6 Å². The first kappa shape index (κ1) is 42.9. The number of imide groups is 1. The molecule has 13 nitrogen and oxygen atoms in total. The summed E-state index contributed by atoms with van der Waals surface area (Å²) < 4.78 is 2.01. The summed E-state index contributed by atoms with van der Waals surface area (Å²) in [5, 5.41) is 16.9. The van der Waals surface area contributed by atoms with Gasteiger partial charge in [0, 0.05) is 99.4 Å². The number of piperazine rings is 1. The third kappa shape index (κ3) is 9.16. The van der Waals surface area contributed by atoms with Gasteiger partial charge < -0.3 is 19.8 Å². The maximum absolute atomic E-state index is 13.3. The molecule has 2 aromatic heterocycles. The van der Waals surface area contributed by atoms with Gasteiger partial charge in [-0.1, -0.05) is 72.9 Å². The summed E-state index contributed by atoms with van der Waals surface area (Å²) in [6.45, 7) is 8.01. The predicted octanol–water partition coefficient (Wildman–Crippen LogP) is 5.64. The fourth-order valence-electron chi connectivity index (χ4n) is 9.75. The van der Waals surface area contributed by atoms with Crippen LogP contribution < -0.4 is 10.2 Å². The number of hydrogen-bond acceptors (Lipinski definition) is 9. The lowest BCUT2D eigenvalue weighted by Crippen LogP contribution is -2.52. The van der Waals surface area contributed by atoms with Gasteiger partial charge in [0.05, 0.1) is 18.0 Å². The molecular weight excluding hydrogens is 805 g/mol. The number of hydrogen-bond donors (Lipinski definition) is 2. The first-order chi connectivity index (χ1) is 31.2. The Balaban J connectivity index is 0.779. The van der Waals surface area contributed by atoms with Crippen LogP contribution in [0.2, 0.25) is 0 Å². The lowest BCUT2D eigenvalue weighted by molar-refractivity contribution is -0.137. The van der Waals surface area contributed by atoms with Crippen LogP contribution in [0.1, 0.15) is 84.1 Å². The Hall–Kier alpha value is -6.36. The van der Waals surface area contributed by atoms with E-state index in [1.54, 1.807) is 11.0 Å². The fraction of sp³-hybridized carbons (Fsp3) is 0.412. The van der Waals surface area contributed by atoms with Gasteiger partial charge in [-0.3, -0.25) is 29.4 Å². The van der Waals surface area contributed by atoms with Gasteiger partial charge in [-0.25, -0.2) is 4.98 Å². The summed E-state index contributed by atoms with van der Waals surface area (Å²) in [4.78, 5) is 64.2. The number of nitrogens with zero attached hydrogens (tertiary/aromatic N) is 7. The lowest BCUT2D eigenvalue weighted by atomic mass is 9.95. The molecule has 3 saturated heterocycles. The maximum atomic E-state index is 13.3. The standard InChI is InChI=1S/C51H56N8O5/c1-35-48(39-12-5-3-6-13-39)49-52-43(33-46(59(49)54-35)56-28-26-55(27-29-56)30-31-60)40-15-8-11-37(32-40)10-4-2-7-17-47(62)57-24-22-36(23-25-57)18-19-38-14-9-16-41-42(38)34-58(51(41)64)44-20-21-45(61)53-50(44)63/h3,5-6,8-9,11-16,32-33,36,44,60H,2,4,7,10,17,20-31,34H2,1H3,(H,53,61,63). The second-order valence-electron chi connectivity index (χ2n) is 17.5. The molecule has 4 aliphatic heterocycles. The van der Waals surface area contributed by atoms with Crippen LogP contribution in [0.4, 0.5) is 5.82 Å². The maximum Gasteiger partial charge on any atom is 0.255 e. The smallest absolute Gasteiger partial charge is 0.255 e. The van der Waals surface area contributed by atoms with Gasteiger partial charge in [-0.15, -0.1) is 0 Å². The molecule has 4 aliphatic rings. The van der Waals surface area contributed by atoms with E-state index >= 15 is 0 Å². The number of unbranched alkanes of at least 4 members (excludes halogenated alkanes) is 2. The molecule has 0 saturated carbocycles. The molecule has 3 aromatic carbocycles. The van der Waals surface area contributed by atoms with E-state index < -0.39 is 11.9 Å². The average molecular weight is 861 g/mol. The van der Waals surface area contributed by atoms with E-state index in [0.29, 0.717) is 44.6 Å². The van der Waals surface area contributed by atoms with Crippen molar-refractivity contribution in [3.05, 3.63) is 107 Å². The van der Waals surface area contributed by atoms with E-state index in [0.717, 1.165) is 115 Å². The van der Waals surface area contributed by atoms with Gasteiger partial charge in [0.2, 0.25) is 17.7 Å². The van der Waals surface area contributed by atoms with Gasteiger partial charge in [0.25, 0.3) is 5.91 Å². The molecule has 1 atom stereocenters. The number of aliphatic hydroxyl groups is 1. The lowest BCUT2D eigenvalue weighted by Gasteiger charge is -2.35. The normalized spacial score (nSPS) is 18.3. The van der Waals surface area contributed by atoms with Gasteiger partial charge >= 0.3 is 0 Å². The zero-order chi connectivity index (χ0) is 44.2. The predicted molar refractivity (Wildman–Crippen MR) is 245 cm³/mol. The van der Waals surface area contributed by atoms with Crippen LogP contribution in [0.15, 0.2) is 78.9 Å².